The summed E-state index contributed by atoms with van der Waals surface area (Å²) in [5, 5.41) is 12.5. The SMILES string of the molecule is CC(C)NC(C)(C#N)CCN(C)c1ccccc1F. The lowest BCUT2D eigenvalue weighted by molar-refractivity contribution is 0.384. The van der Waals surface area contributed by atoms with Crippen molar-refractivity contribution in [3.05, 3.63) is 30.1 Å². The Morgan fingerprint density at radius 2 is 2.05 bits per heavy atom. The van der Waals surface area contributed by atoms with Gasteiger partial charge in [-0.05, 0) is 39.3 Å². The zero-order chi connectivity index (χ0) is 14.5. The van der Waals surface area contributed by atoms with Gasteiger partial charge in [-0.15, -0.1) is 0 Å². The molecule has 104 valence electrons. The van der Waals surface area contributed by atoms with Gasteiger partial charge in [0.25, 0.3) is 0 Å². The Morgan fingerprint density at radius 3 is 2.58 bits per heavy atom. The van der Waals surface area contributed by atoms with Crippen molar-refractivity contribution in [1.82, 2.24) is 5.32 Å². The molecule has 1 atom stereocenters. The quantitative estimate of drug-likeness (QED) is 0.857. The first-order valence-corrected chi connectivity index (χ1v) is 6.52. The fourth-order valence-corrected chi connectivity index (χ4v) is 2.07. The summed E-state index contributed by atoms with van der Waals surface area (Å²) >= 11 is 0. The molecular formula is C15H22FN3. The van der Waals surface area contributed by atoms with Crippen LogP contribution in [0.5, 0.6) is 0 Å². The summed E-state index contributed by atoms with van der Waals surface area (Å²) in [6.07, 6.45) is 0.631. The van der Waals surface area contributed by atoms with Crippen molar-refractivity contribution in [3.63, 3.8) is 0 Å². The third kappa shape index (κ3) is 4.53. The zero-order valence-electron chi connectivity index (χ0n) is 12.1. The van der Waals surface area contributed by atoms with Gasteiger partial charge in [0, 0.05) is 19.6 Å². The van der Waals surface area contributed by atoms with Crippen LogP contribution >= 0.6 is 0 Å². The molecule has 0 bridgehead atoms. The van der Waals surface area contributed by atoms with Gasteiger partial charge >= 0.3 is 0 Å². The molecule has 4 heteroatoms. The van der Waals surface area contributed by atoms with Crippen molar-refractivity contribution >= 4 is 5.69 Å². The van der Waals surface area contributed by atoms with E-state index in [1.807, 2.05) is 38.8 Å². The number of hydrogen-bond acceptors (Lipinski definition) is 3. The van der Waals surface area contributed by atoms with E-state index in [4.69, 9.17) is 0 Å². The third-order valence-corrected chi connectivity index (χ3v) is 3.06. The maximum Gasteiger partial charge on any atom is 0.146 e. The van der Waals surface area contributed by atoms with E-state index in [1.54, 1.807) is 12.1 Å². The second-order valence-electron chi connectivity index (χ2n) is 5.37. The van der Waals surface area contributed by atoms with Crippen LogP contribution in [-0.4, -0.2) is 25.2 Å². The molecule has 0 saturated heterocycles. The van der Waals surface area contributed by atoms with Crippen LogP contribution in [-0.2, 0) is 0 Å². The highest BCUT2D eigenvalue weighted by Crippen LogP contribution is 2.19. The maximum atomic E-state index is 13.6. The van der Waals surface area contributed by atoms with Crippen molar-refractivity contribution in [1.29, 1.82) is 5.26 Å². The van der Waals surface area contributed by atoms with Crippen LogP contribution < -0.4 is 10.2 Å². The molecule has 3 nitrogen and oxygen atoms in total. The van der Waals surface area contributed by atoms with Crippen molar-refractivity contribution in [3.8, 4) is 6.07 Å². The molecule has 0 aromatic heterocycles. The summed E-state index contributed by atoms with van der Waals surface area (Å²) < 4.78 is 13.6. The average molecular weight is 263 g/mol. The van der Waals surface area contributed by atoms with Crippen LogP contribution in [0.1, 0.15) is 27.2 Å². The number of benzene rings is 1. The molecule has 0 aliphatic rings. The number of rotatable bonds is 6. The number of nitrogens with one attached hydrogen (secondary N) is 1. The number of halogens is 1. The Labute approximate surface area is 115 Å². The minimum atomic E-state index is -0.590. The summed E-state index contributed by atoms with van der Waals surface area (Å²) in [4.78, 5) is 1.84. The van der Waals surface area contributed by atoms with E-state index in [0.29, 0.717) is 18.7 Å². The van der Waals surface area contributed by atoms with Gasteiger partial charge in [-0.25, -0.2) is 4.39 Å². The molecule has 1 N–H and O–H groups in total. The summed E-state index contributed by atoms with van der Waals surface area (Å²) in [5.74, 6) is -0.236. The van der Waals surface area contributed by atoms with Crippen molar-refractivity contribution < 1.29 is 4.39 Å². The monoisotopic (exact) mass is 263 g/mol. The zero-order valence-corrected chi connectivity index (χ0v) is 12.1. The average Bonchev–Trinajstić information content (AvgIpc) is 2.36. The summed E-state index contributed by atoms with van der Waals surface area (Å²) in [6.45, 7) is 6.51. The standard InChI is InChI=1S/C15H22FN3/c1-12(2)18-15(3,11-17)9-10-19(4)14-8-6-5-7-13(14)16/h5-8,12,18H,9-10H2,1-4H3. The molecule has 1 aromatic rings. The molecule has 1 unspecified atom stereocenters. The molecule has 1 rings (SSSR count). The number of hydrogen-bond donors (Lipinski definition) is 1. The molecule has 0 amide bonds. The molecule has 19 heavy (non-hydrogen) atoms. The lowest BCUT2D eigenvalue weighted by Crippen LogP contribution is -2.46. The minimum absolute atomic E-state index is 0.236. The molecule has 0 fully saturated rings. The van der Waals surface area contributed by atoms with Crippen LogP contribution in [0.2, 0.25) is 0 Å². The molecule has 0 radical (unpaired) electrons. The normalized spacial score (nSPS) is 13.9. The predicted molar refractivity (Wildman–Crippen MR) is 76.6 cm³/mol. The van der Waals surface area contributed by atoms with Gasteiger partial charge in [-0.3, -0.25) is 5.32 Å². The van der Waals surface area contributed by atoms with Gasteiger partial charge in [0.1, 0.15) is 11.4 Å². The van der Waals surface area contributed by atoms with E-state index < -0.39 is 5.54 Å². The van der Waals surface area contributed by atoms with Crippen molar-refractivity contribution in [2.45, 2.75) is 38.8 Å². The Balaban J connectivity index is 2.66. The topological polar surface area (TPSA) is 39.1 Å². The van der Waals surface area contributed by atoms with Gasteiger partial charge in [0.05, 0.1) is 11.8 Å². The molecule has 1 aromatic carbocycles. The molecule has 0 heterocycles. The summed E-state index contributed by atoms with van der Waals surface area (Å²) in [7, 11) is 1.84. The molecular weight excluding hydrogens is 241 g/mol. The van der Waals surface area contributed by atoms with Crippen LogP contribution in [0.4, 0.5) is 10.1 Å². The number of nitriles is 1. The molecule has 0 aliphatic carbocycles. The minimum Gasteiger partial charge on any atom is -0.372 e. The van der Waals surface area contributed by atoms with Gasteiger partial charge < -0.3 is 4.90 Å². The Kier molecular flexibility index (Phi) is 5.31. The fraction of sp³-hybridized carbons (Fsp3) is 0.533. The van der Waals surface area contributed by atoms with Gasteiger partial charge in [-0.2, -0.15) is 5.26 Å². The highest BCUT2D eigenvalue weighted by Gasteiger charge is 2.24. The van der Waals surface area contributed by atoms with Crippen molar-refractivity contribution in [2.75, 3.05) is 18.5 Å². The smallest absolute Gasteiger partial charge is 0.146 e. The van der Waals surface area contributed by atoms with E-state index in [9.17, 15) is 9.65 Å². The maximum absolute atomic E-state index is 13.6. The van der Waals surface area contributed by atoms with Crippen LogP contribution in [0, 0.1) is 17.1 Å². The van der Waals surface area contributed by atoms with E-state index in [1.165, 1.54) is 6.07 Å². The lowest BCUT2D eigenvalue weighted by Gasteiger charge is -2.29. The van der Waals surface area contributed by atoms with Gasteiger partial charge in [0.15, 0.2) is 0 Å². The Hall–Kier alpha value is -1.60. The van der Waals surface area contributed by atoms with Crippen LogP contribution in [0.3, 0.4) is 0 Å². The number of nitrogens with zero attached hydrogens (tertiary/aromatic N) is 2. The second kappa shape index (κ2) is 6.53. The third-order valence-electron chi connectivity index (χ3n) is 3.06. The van der Waals surface area contributed by atoms with E-state index in [0.717, 1.165) is 0 Å². The first kappa shape index (κ1) is 15.5. The van der Waals surface area contributed by atoms with E-state index in [2.05, 4.69) is 11.4 Å². The first-order chi connectivity index (χ1) is 8.88. The van der Waals surface area contributed by atoms with E-state index >= 15 is 0 Å². The highest BCUT2D eigenvalue weighted by molar-refractivity contribution is 5.46. The van der Waals surface area contributed by atoms with Crippen LogP contribution in [0.25, 0.3) is 0 Å². The van der Waals surface area contributed by atoms with Gasteiger partial charge in [-0.1, -0.05) is 12.1 Å². The molecule has 0 spiro atoms. The van der Waals surface area contributed by atoms with E-state index in [-0.39, 0.29) is 11.9 Å². The molecule has 0 aliphatic heterocycles. The fourth-order valence-electron chi connectivity index (χ4n) is 2.07. The lowest BCUT2D eigenvalue weighted by atomic mass is 9.98. The summed E-state index contributed by atoms with van der Waals surface area (Å²) in [5.41, 5.74) is -0.0273. The van der Waals surface area contributed by atoms with Crippen molar-refractivity contribution in [2.24, 2.45) is 0 Å². The second-order valence-corrected chi connectivity index (χ2v) is 5.37. The first-order valence-electron chi connectivity index (χ1n) is 6.52. The Bertz CT molecular complexity index is 453. The highest BCUT2D eigenvalue weighted by atomic mass is 19.1. The van der Waals surface area contributed by atoms with Gasteiger partial charge in [0.2, 0.25) is 0 Å². The van der Waals surface area contributed by atoms with Crippen LogP contribution in [0.15, 0.2) is 24.3 Å². The predicted octanol–water partition coefficient (Wildman–Crippen LogP) is 2.93. The largest absolute Gasteiger partial charge is 0.372 e. The molecule has 0 saturated carbocycles. The Morgan fingerprint density at radius 1 is 1.42 bits per heavy atom. The number of para-hydroxylation sites is 1. The summed E-state index contributed by atoms with van der Waals surface area (Å²) in [6, 6.07) is 9.21. The number of anilines is 1.